The smallest absolute Gasteiger partial charge is 0.237 e. The summed E-state index contributed by atoms with van der Waals surface area (Å²) in [5.74, 6) is 0.884. The summed E-state index contributed by atoms with van der Waals surface area (Å²) in [6, 6.07) is 3.91. The molecule has 2 fully saturated rings. The second-order valence-electron chi connectivity index (χ2n) is 6.29. The molecule has 1 amide bonds. The monoisotopic (exact) mass is 350 g/mol. The van der Waals surface area contributed by atoms with E-state index in [-0.39, 0.29) is 5.91 Å². The van der Waals surface area contributed by atoms with Gasteiger partial charge in [0.2, 0.25) is 12.2 Å². The van der Waals surface area contributed by atoms with Gasteiger partial charge in [0.05, 0.1) is 26.4 Å². The van der Waals surface area contributed by atoms with Gasteiger partial charge < -0.3 is 24.4 Å². The molecule has 2 aliphatic heterocycles. The van der Waals surface area contributed by atoms with E-state index in [9.17, 15) is 4.79 Å². The molecule has 2 saturated heterocycles. The van der Waals surface area contributed by atoms with Crippen LogP contribution in [-0.4, -0.2) is 80.8 Å². The normalized spacial score (nSPS) is 19.6. The van der Waals surface area contributed by atoms with Crippen LogP contribution < -0.4 is 5.32 Å². The zero-order valence-electron chi connectivity index (χ0n) is 14.9. The van der Waals surface area contributed by atoms with E-state index in [1.165, 1.54) is 0 Å². The highest BCUT2D eigenvalue weighted by molar-refractivity contribution is 5.79. The molecule has 25 heavy (non-hydrogen) atoms. The van der Waals surface area contributed by atoms with Crippen molar-refractivity contribution in [2.75, 3.05) is 65.5 Å². The van der Waals surface area contributed by atoms with Crippen molar-refractivity contribution in [3.05, 3.63) is 23.4 Å². The van der Waals surface area contributed by atoms with Crippen molar-refractivity contribution in [1.82, 2.24) is 14.8 Å². The number of piperazine rings is 1. The van der Waals surface area contributed by atoms with Crippen molar-refractivity contribution < 1.29 is 19.0 Å². The molecule has 3 heterocycles. The van der Waals surface area contributed by atoms with Crippen LogP contribution in [0.4, 0.5) is 5.82 Å². The van der Waals surface area contributed by atoms with Crippen LogP contribution >= 0.6 is 0 Å². The maximum atomic E-state index is 12.3. The topological polar surface area (TPSA) is 76.2 Å². The van der Waals surface area contributed by atoms with Gasteiger partial charge in [-0.2, -0.15) is 0 Å². The fourth-order valence-corrected chi connectivity index (χ4v) is 2.94. The molecule has 0 aromatic carbocycles. The SMILES string of the molecule is COCCNc1ccc(CN2CCN(C)CC2=O)c(C2OCCO2)n1. The Morgan fingerprint density at radius 2 is 2.12 bits per heavy atom. The fourth-order valence-electron chi connectivity index (χ4n) is 2.94. The molecule has 138 valence electrons. The van der Waals surface area contributed by atoms with E-state index in [1.807, 2.05) is 29.0 Å². The second-order valence-corrected chi connectivity index (χ2v) is 6.29. The third-order valence-corrected chi connectivity index (χ3v) is 4.34. The molecule has 2 aliphatic rings. The Morgan fingerprint density at radius 3 is 2.84 bits per heavy atom. The zero-order valence-corrected chi connectivity index (χ0v) is 14.9. The van der Waals surface area contributed by atoms with Crippen LogP contribution in [0, 0.1) is 0 Å². The summed E-state index contributed by atoms with van der Waals surface area (Å²) in [5, 5.41) is 3.22. The Kier molecular flexibility index (Phi) is 6.19. The van der Waals surface area contributed by atoms with Crippen LogP contribution in [0.3, 0.4) is 0 Å². The molecule has 1 N–H and O–H groups in total. The van der Waals surface area contributed by atoms with E-state index in [0.29, 0.717) is 39.5 Å². The molecule has 0 radical (unpaired) electrons. The number of hydrogen-bond donors (Lipinski definition) is 1. The number of nitrogens with zero attached hydrogens (tertiary/aromatic N) is 3. The summed E-state index contributed by atoms with van der Waals surface area (Å²) in [6.07, 6.45) is -0.471. The van der Waals surface area contributed by atoms with Gasteiger partial charge in [-0.25, -0.2) is 4.98 Å². The lowest BCUT2D eigenvalue weighted by Crippen LogP contribution is -2.48. The first-order valence-corrected chi connectivity index (χ1v) is 8.59. The third-order valence-electron chi connectivity index (χ3n) is 4.34. The van der Waals surface area contributed by atoms with E-state index in [2.05, 4.69) is 10.3 Å². The first-order chi connectivity index (χ1) is 12.2. The fraction of sp³-hybridized carbons (Fsp3) is 0.647. The summed E-state index contributed by atoms with van der Waals surface area (Å²) in [5.41, 5.74) is 1.70. The van der Waals surface area contributed by atoms with Crippen LogP contribution in [0.15, 0.2) is 12.1 Å². The highest BCUT2D eigenvalue weighted by atomic mass is 16.7. The molecule has 0 spiro atoms. The number of hydrogen-bond acceptors (Lipinski definition) is 7. The van der Waals surface area contributed by atoms with Gasteiger partial charge in [-0.05, 0) is 18.7 Å². The van der Waals surface area contributed by atoms with E-state index in [0.717, 1.165) is 30.2 Å². The number of pyridine rings is 1. The Bertz CT molecular complexity index is 592. The quantitative estimate of drug-likeness (QED) is 0.716. The summed E-state index contributed by atoms with van der Waals surface area (Å²) >= 11 is 0. The molecule has 1 aromatic heterocycles. The molecule has 0 unspecified atom stereocenters. The number of nitrogens with one attached hydrogen (secondary N) is 1. The molecule has 3 rings (SSSR count). The maximum Gasteiger partial charge on any atom is 0.237 e. The largest absolute Gasteiger partial charge is 0.383 e. The van der Waals surface area contributed by atoms with Crippen LogP contribution in [0.25, 0.3) is 0 Å². The first-order valence-electron chi connectivity index (χ1n) is 8.59. The van der Waals surface area contributed by atoms with Crippen molar-refractivity contribution in [3.63, 3.8) is 0 Å². The minimum atomic E-state index is -0.471. The van der Waals surface area contributed by atoms with Gasteiger partial charge in [-0.3, -0.25) is 9.69 Å². The summed E-state index contributed by atoms with van der Waals surface area (Å²) < 4.78 is 16.3. The lowest BCUT2D eigenvalue weighted by molar-refractivity contribution is -0.136. The van der Waals surface area contributed by atoms with Gasteiger partial charge in [-0.15, -0.1) is 0 Å². The van der Waals surface area contributed by atoms with Crippen molar-refractivity contribution in [2.45, 2.75) is 12.8 Å². The molecular weight excluding hydrogens is 324 g/mol. The lowest BCUT2D eigenvalue weighted by Gasteiger charge is -2.32. The van der Waals surface area contributed by atoms with Gasteiger partial charge in [0.1, 0.15) is 11.5 Å². The number of likely N-dealkylation sites (N-methyl/N-ethyl adjacent to an activating group) is 1. The summed E-state index contributed by atoms with van der Waals surface area (Å²) in [6.45, 7) is 4.96. The molecule has 0 atom stereocenters. The number of carbonyl (C=O) groups excluding carboxylic acids is 1. The summed E-state index contributed by atoms with van der Waals surface area (Å²) in [4.78, 5) is 20.8. The number of rotatable bonds is 7. The van der Waals surface area contributed by atoms with Crippen LogP contribution in [-0.2, 0) is 25.5 Å². The van der Waals surface area contributed by atoms with Crippen molar-refractivity contribution in [1.29, 1.82) is 0 Å². The number of ether oxygens (including phenoxy) is 3. The predicted molar refractivity (Wildman–Crippen MR) is 92.2 cm³/mol. The van der Waals surface area contributed by atoms with Crippen molar-refractivity contribution in [3.8, 4) is 0 Å². The lowest BCUT2D eigenvalue weighted by atomic mass is 10.1. The molecule has 0 bridgehead atoms. The zero-order chi connectivity index (χ0) is 17.6. The Morgan fingerprint density at radius 1 is 1.32 bits per heavy atom. The standard InChI is InChI=1S/C17H26N4O4/c1-20-6-7-21(15(22)12-20)11-13-3-4-14(18-5-8-23-2)19-16(13)17-24-9-10-25-17/h3-4,17H,5-12H2,1-2H3,(H,18,19). The Balaban J connectivity index is 1.75. The number of methoxy groups -OCH3 is 1. The Hall–Kier alpha value is -1.74. The molecule has 1 aromatic rings. The third kappa shape index (κ3) is 4.66. The van der Waals surface area contributed by atoms with Gasteiger partial charge in [0, 0.05) is 33.3 Å². The van der Waals surface area contributed by atoms with Crippen LogP contribution in [0.1, 0.15) is 17.5 Å². The molecule has 0 aliphatic carbocycles. The maximum absolute atomic E-state index is 12.3. The number of carbonyl (C=O) groups is 1. The van der Waals surface area contributed by atoms with E-state index in [1.54, 1.807) is 7.11 Å². The van der Waals surface area contributed by atoms with Crippen molar-refractivity contribution in [2.24, 2.45) is 0 Å². The van der Waals surface area contributed by atoms with Gasteiger partial charge in [0.25, 0.3) is 0 Å². The molecule has 8 nitrogen and oxygen atoms in total. The highest BCUT2D eigenvalue weighted by Gasteiger charge is 2.27. The van der Waals surface area contributed by atoms with Gasteiger partial charge >= 0.3 is 0 Å². The minimum absolute atomic E-state index is 0.134. The molecule has 0 saturated carbocycles. The molecular formula is C17H26N4O4. The first kappa shape index (κ1) is 18.1. The predicted octanol–water partition coefficient (Wildman–Crippen LogP) is 0.459. The molecule has 8 heteroatoms. The van der Waals surface area contributed by atoms with Crippen LogP contribution in [0.2, 0.25) is 0 Å². The average molecular weight is 350 g/mol. The highest BCUT2D eigenvalue weighted by Crippen LogP contribution is 2.27. The number of anilines is 1. The van der Waals surface area contributed by atoms with Crippen LogP contribution in [0.5, 0.6) is 0 Å². The number of aromatic nitrogens is 1. The Labute approximate surface area is 148 Å². The van der Waals surface area contributed by atoms with Crippen molar-refractivity contribution >= 4 is 11.7 Å². The number of amides is 1. The van der Waals surface area contributed by atoms with E-state index >= 15 is 0 Å². The minimum Gasteiger partial charge on any atom is -0.383 e. The second kappa shape index (κ2) is 8.57. The van der Waals surface area contributed by atoms with Gasteiger partial charge in [0.15, 0.2) is 0 Å². The van der Waals surface area contributed by atoms with Gasteiger partial charge in [-0.1, -0.05) is 6.07 Å². The summed E-state index contributed by atoms with van der Waals surface area (Å²) in [7, 11) is 3.62. The van der Waals surface area contributed by atoms with E-state index in [4.69, 9.17) is 14.2 Å². The van der Waals surface area contributed by atoms with E-state index < -0.39 is 6.29 Å². The average Bonchev–Trinajstić information content (AvgIpc) is 3.13.